The van der Waals surface area contributed by atoms with Crippen molar-refractivity contribution in [2.75, 3.05) is 44.2 Å². The van der Waals surface area contributed by atoms with E-state index in [4.69, 9.17) is 16.3 Å². The molecule has 1 N–H and O–H groups in total. The molecule has 5 nitrogen and oxygen atoms in total. The van der Waals surface area contributed by atoms with E-state index in [0.717, 1.165) is 43.2 Å². The zero-order chi connectivity index (χ0) is 19.9. The average Bonchev–Trinajstić information content (AvgIpc) is 2.69. The van der Waals surface area contributed by atoms with Crippen LogP contribution in [0.1, 0.15) is 25.5 Å². The van der Waals surface area contributed by atoms with E-state index in [2.05, 4.69) is 21.2 Å². The molecule has 150 valence electrons. The zero-order valence-electron chi connectivity index (χ0n) is 16.5. The van der Waals surface area contributed by atoms with Crippen molar-refractivity contribution >= 4 is 23.2 Å². The average molecular weight is 402 g/mol. The largest absolute Gasteiger partial charge is 0.492 e. The van der Waals surface area contributed by atoms with E-state index in [9.17, 15) is 4.79 Å². The van der Waals surface area contributed by atoms with Gasteiger partial charge in [0.15, 0.2) is 0 Å². The van der Waals surface area contributed by atoms with Crippen molar-refractivity contribution in [2.45, 2.75) is 19.9 Å². The van der Waals surface area contributed by atoms with Gasteiger partial charge < -0.3 is 15.0 Å². The second kappa shape index (κ2) is 9.80. The van der Waals surface area contributed by atoms with E-state index in [0.29, 0.717) is 18.2 Å². The van der Waals surface area contributed by atoms with Gasteiger partial charge in [-0.15, -0.1) is 0 Å². The minimum Gasteiger partial charge on any atom is -0.492 e. The van der Waals surface area contributed by atoms with Crippen LogP contribution < -0.4 is 15.0 Å². The van der Waals surface area contributed by atoms with Crippen LogP contribution in [-0.2, 0) is 4.79 Å². The van der Waals surface area contributed by atoms with E-state index in [-0.39, 0.29) is 11.9 Å². The Hall–Kier alpha value is -2.24. The van der Waals surface area contributed by atoms with Crippen LogP contribution in [0.3, 0.4) is 0 Å². The van der Waals surface area contributed by atoms with Gasteiger partial charge in [0.2, 0.25) is 5.91 Å². The lowest BCUT2D eigenvalue weighted by atomic mass is 10.1. The number of amides is 1. The fourth-order valence-corrected chi connectivity index (χ4v) is 3.84. The molecule has 2 aromatic carbocycles. The topological polar surface area (TPSA) is 44.8 Å². The molecule has 1 amide bonds. The number of hydrogen-bond donors (Lipinski definition) is 1. The number of carbonyl (C=O) groups is 1. The van der Waals surface area contributed by atoms with Gasteiger partial charge in [-0.05, 0) is 37.6 Å². The minimum atomic E-state index is -0.111. The number of nitrogens with zero attached hydrogens (tertiary/aromatic N) is 2. The summed E-state index contributed by atoms with van der Waals surface area (Å²) in [6.45, 7) is 8.44. The van der Waals surface area contributed by atoms with Gasteiger partial charge in [-0.2, -0.15) is 0 Å². The molecule has 1 aliphatic heterocycles. The van der Waals surface area contributed by atoms with Crippen molar-refractivity contribution in [3.05, 3.63) is 59.1 Å². The van der Waals surface area contributed by atoms with Crippen molar-refractivity contribution < 1.29 is 9.53 Å². The van der Waals surface area contributed by atoms with E-state index in [1.807, 2.05) is 56.3 Å². The second-order valence-electron chi connectivity index (χ2n) is 6.97. The van der Waals surface area contributed by atoms with Crippen LogP contribution in [0.2, 0.25) is 5.02 Å². The summed E-state index contributed by atoms with van der Waals surface area (Å²) >= 11 is 6.23. The second-order valence-corrected chi connectivity index (χ2v) is 7.38. The summed E-state index contributed by atoms with van der Waals surface area (Å²) in [4.78, 5) is 17.0. The molecule has 1 atom stereocenters. The molecule has 0 radical (unpaired) electrons. The van der Waals surface area contributed by atoms with Crippen molar-refractivity contribution in [1.82, 2.24) is 10.2 Å². The van der Waals surface area contributed by atoms with Crippen molar-refractivity contribution in [3.63, 3.8) is 0 Å². The SMILES string of the molecule is CCOc1ccccc1N1CCN(CC(=O)NC(C)c2ccccc2Cl)CC1. The van der Waals surface area contributed by atoms with Crippen LogP contribution in [0.4, 0.5) is 5.69 Å². The van der Waals surface area contributed by atoms with Crippen molar-refractivity contribution in [2.24, 2.45) is 0 Å². The highest BCUT2D eigenvalue weighted by Gasteiger charge is 2.22. The van der Waals surface area contributed by atoms with Gasteiger partial charge in [0.25, 0.3) is 0 Å². The number of para-hydroxylation sites is 2. The summed E-state index contributed by atoms with van der Waals surface area (Å²) in [5, 5.41) is 3.73. The highest BCUT2D eigenvalue weighted by Crippen LogP contribution is 2.28. The maximum Gasteiger partial charge on any atom is 0.234 e. The Balaban J connectivity index is 1.50. The Labute approximate surface area is 172 Å². The zero-order valence-corrected chi connectivity index (χ0v) is 17.3. The van der Waals surface area contributed by atoms with Crippen LogP contribution in [0, 0.1) is 0 Å². The first kappa shape index (κ1) is 20.5. The Bertz CT molecular complexity index is 791. The van der Waals surface area contributed by atoms with Crippen LogP contribution in [0.25, 0.3) is 0 Å². The number of rotatable bonds is 7. The van der Waals surface area contributed by atoms with Crippen molar-refractivity contribution in [1.29, 1.82) is 0 Å². The summed E-state index contributed by atoms with van der Waals surface area (Å²) in [6, 6.07) is 15.6. The molecule has 1 saturated heterocycles. The minimum absolute atomic E-state index is 0.0237. The molecular weight excluding hydrogens is 374 g/mol. The van der Waals surface area contributed by atoms with E-state index >= 15 is 0 Å². The lowest BCUT2D eigenvalue weighted by Gasteiger charge is -2.36. The summed E-state index contributed by atoms with van der Waals surface area (Å²) < 4.78 is 5.75. The molecular formula is C22H28ClN3O2. The monoisotopic (exact) mass is 401 g/mol. The molecule has 1 fully saturated rings. The number of anilines is 1. The number of hydrogen-bond acceptors (Lipinski definition) is 4. The quantitative estimate of drug-likeness (QED) is 0.767. The molecule has 2 aromatic rings. The predicted molar refractivity (Wildman–Crippen MR) is 114 cm³/mol. The first-order valence-corrected chi connectivity index (χ1v) is 10.2. The summed E-state index contributed by atoms with van der Waals surface area (Å²) in [5.74, 6) is 0.945. The van der Waals surface area contributed by atoms with E-state index in [1.54, 1.807) is 0 Å². The van der Waals surface area contributed by atoms with Gasteiger partial charge >= 0.3 is 0 Å². The van der Waals surface area contributed by atoms with Crippen LogP contribution in [0.5, 0.6) is 5.75 Å². The lowest BCUT2D eigenvalue weighted by molar-refractivity contribution is -0.123. The van der Waals surface area contributed by atoms with Gasteiger partial charge in [0.1, 0.15) is 5.75 Å². The summed E-state index contributed by atoms with van der Waals surface area (Å²) in [5.41, 5.74) is 2.07. The smallest absolute Gasteiger partial charge is 0.234 e. The van der Waals surface area contributed by atoms with Gasteiger partial charge in [-0.25, -0.2) is 0 Å². The molecule has 0 bridgehead atoms. The molecule has 1 heterocycles. The van der Waals surface area contributed by atoms with Gasteiger partial charge in [-0.1, -0.05) is 41.9 Å². The fourth-order valence-electron chi connectivity index (χ4n) is 3.54. The molecule has 6 heteroatoms. The molecule has 1 aliphatic rings. The normalized spacial score (nSPS) is 15.9. The van der Waals surface area contributed by atoms with E-state index < -0.39 is 0 Å². The maximum atomic E-state index is 12.5. The highest BCUT2D eigenvalue weighted by molar-refractivity contribution is 6.31. The first-order chi connectivity index (χ1) is 13.6. The van der Waals surface area contributed by atoms with Crippen LogP contribution >= 0.6 is 11.6 Å². The number of carbonyl (C=O) groups excluding carboxylic acids is 1. The van der Waals surface area contributed by atoms with Crippen molar-refractivity contribution in [3.8, 4) is 5.75 Å². The van der Waals surface area contributed by atoms with Crippen LogP contribution in [-0.4, -0.2) is 50.1 Å². The Morgan fingerprint density at radius 2 is 1.79 bits per heavy atom. The molecule has 0 aromatic heterocycles. The third kappa shape index (κ3) is 5.18. The third-order valence-electron chi connectivity index (χ3n) is 4.99. The predicted octanol–water partition coefficient (Wildman–Crippen LogP) is 3.74. The lowest BCUT2D eigenvalue weighted by Crippen LogP contribution is -2.49. The standard InChI is InChI=1S/C22H28ClN3O2/c1-3-28-21-11-7-6-10-20(21)26-14-12-25(13-15-26)16-22(27)24-17(2)18-8-4-5-9-19(18)23/h4-11,17H,3,12-16H2,1-2H3,(H,24,27). The number of halogens is 1. The molecule has 0 spiro atoms. The van der Waals surface area contributed by atoms with Gasteiger partial charge in [0, 0.05) is 31.2 Å². The summed E-state index contributed by atoms with van der Waals surface area (Å²) in [6.07, 6.45) is 0. The number of ether oxygens (including phenoxy) is 1. The van der Waals surface area contributed by atoms with Gasteiger partial charge in [-0.3, -0.25) is 9.69 Å². The number of benzene rings is 2. The fraction of sp³-hybridized carbons (Fsp3) is 0.409. The molecule has 0 aliphatic carbocycles. The Morgan fingerprint density at radius 1 is 1.11 bits per heavy atom. The van der Waals surface area contributed by atoms with Gasteiger partial charge in [0.05, 0.1) is 24.9 Å². The molecule has 1 unspecified atom stereocenters. The molecule has 28 heavy (non-hydrogen) atoms. The van der Waals surface area contributed by atoms with Crippen LogP contribution in [0.15, 0.2) is 48.5 Å². The molecule has 0 saturated carbocycles. The Kier molecular flexibility index (Phi) is 7.18. The number of nitrogens with one attached hydrogen (secondary N) is 1. The third-order valence-corrected chi connectivity index (χ3v) is 5.34. The number of piperazine rings is 1. The molecule has 3 rings (SSSR count). The van der Waals surface area contributed by atoms with E-state index in [1.165, 1.54) is 0 Å². The summed E-state index contributed by atoms with van der Waals surface area (Å²) in [7, 11) is 0. The Morgan fingerprint density at radius 3 is 2.50 bits per heavy atom. The maximum absolute atomic E-state index is 12.5. The highest BCUT2D eigenvalue weighted by atomic mass is 35.5. The first-order valence-electron chi connectivity index (χ1n) is 9.81.